The molecule has 3 rings (SSSR count). The van der Waals surface area contributed by atoms with Crippen LogP contribution in [0, 0.1) is 0 Å². The molecule has 2 aromatic rings. The number of carbonyl (C=O) groups is 1. The number of pyridine rings is 1. The zero-order chi connectivity index (χ0) is 19.4. The van der Waals surface area contributed by atoms with Gasteiger partial charge < -0.3 is 20.1 Å². The van der Waals surface area contributed by atoms with Crippen LogP contribution in [-0.2, 0) is 16.0 Å². The molecule has 0 bridgehead atoms. The number of anilines is 2. The van der Waals surface area contributed by atoms with Gasteiger partial charge in [-0.15, -0.1) is 0 Å². The maximum absolute atomic E-state index is 11.5. The van der Waals surface area contributed by atoms with E-state index in [1.165, 1.54) is 0 Å². The number of halogens is 3. The second kappa shape index (κ2) is 8.52. The van der Waals surface area contributed by atoms with Crippen molar-refractivity contribution in [1.82, 2.24) is 4.98 Å². The molecule has 1 aliphatic rings. The number of rotatable bonds is 6. The van der Waals surface area contributed by atoms with Crippen molar-refractivity contribution in [2.24, 2.45) is 0 Å². The number of benzene rings is 1. The van der Waals surface area contributed by atoms with Crippen LogP contribution in [-0.4, -0.2) is 27.5 Å². The van der Waals surface area contributed by atoms with E-state index in [0.29, 0.717) is 30.2 Å². The van der Waals surface area contributed by atoms with Gasteiger partial charge >= 0.3 is 0 Å². The molecular weight excluding hydrogens is 413 g/mol. The van der Waals surface area contributed by atoms with Crippen molar-refractivity contribution in [1.29, 1.82) is 0 Å². The molecule has 9 heteroatoms. The number of amides is 1. The van der Waals surface area contributed by atoms with Gasteiger partial charge in [-0.25, -0.2) is 4.98 Å². The number of nitrogens with one attached hydrogen (secondary N) is 2. The van der Waals surface area contributed by atoms with E-state index in [1.807, 2.05) is 31.2 Å². The predicted octanol–water partition coefficient (Wildman–Crippen LogP) is 4.90. The third kappa shape index (κ3) is 5.87. The first-order chi connectivity index (χ1) is 12.8. The lowest BCUT2D eigenvalue weighted by atomic mass is 10.1. The number of aromatic nitrogens is 1. The topological polar surface area (TPSA) is 72.5 Å². The zero-order valence-corrected chi connectivity index (χ0v) is 16.7. The Kier molecular flexibility index (Phi) is 6.32. The molecule has 27 heavy (non-hydrogen) atoms. The Balaban J connectivity index is 1.62. The van der Waals surface area contributed by atoms with Gasteiger partial charge in [0.15, 0.2) is 0 Å². The third-order valence-corrected chi connectivity index (χ3v) is 4.15. The second-order valence-electron chi connectivity index (χ2n) is 6.02. The maximum atomic E-state index is 11.5. The van der Waals surface area contributed by atoms with E-state index in [4.69, 9.17) is 44.3 Å². The Morgan fingerprint density at radius 2 is 1.96 bits per heavy atom. The van der Waals surface area contributed by atoms with Crippen LogP contribution in [0.4, 0.5) is 11.5 Å². The Morgan fingerprint density at radius 1 is 1.22 bits per heavy atom. The Labute approximate surface area is 172 Å². The van der Waals surface area contributed by atoms with Crippen LogP contribution in [0.1, 0.15) is 18.9 Å². The van der Waals surface area contributed by atoms with E-state index in [0.717, 1.165) is 11.3 Å². The summed E-state index contributed by atoms with van der Waals surface area (Å²) in [6.45, 7) is 1.80. The summed E-state index contributed by atoms with van der Waals surface area (Å²) in [5.41, 5.74) is 1.73. The van der Waals surface area contributed by atoms with Crippen molar-refractivity contribution in [3.8, 4) is 11.5 Å². The molecule has 0 spiro atoms. The number of carbonyl (C=O) groups excluding carboxylic acids is 1. The van der Waals surface area contributed by atoms with Gasteiger partial charge in [0.25, 0.3) is 0 Å². The lowest BCUT2D eigenvalue weighted by Gasteiger charge is -2.20. The highest BCUT2D eigenvalue weighted by atomic mass is 35.6. The highest BCUT2D eigenvalue weighted by Crippen LogP contribution is 2.33. The van der Waals surface area contributed by atoms with E-state index >= 15 is 0 Å². The molecule has 0 radical (unpaired) electrons. The molecule has 0 saturated heterocycles. The first-order valence-electron chi connectivity index (χ1n) is 8.31. The maximum Gasteiger partial charge on any atom is 0.225 e. The van der Waals surface area contributed by atoms with Gasteiger partial charge in [0.2, 0.25) is 9.70 Å². The second-order valence-corrected chi connectivity index (χ2v) is 8.54. The summed E-state index contributed by atoms with van der Waals surface area (Å²) >= 11 is 17.0. The number of fused-ring (bicyclic) bond motifs is 1. The largest absolute Gasteiger partial charge is 0.457 e. The minimum Gasteiger partial charge on any atom is -0.457 e. The molecule has 144 valence electrons. The molecule has 2 heterocycles. The van der Waals surface area contributed by atoms with Crippen LogP contribution >= 0.6 is 34.8 Å². The fourth-order valence-electron chi connectivity index (χ4n) is 2.59. The average molecular weight is 431 g/mol. The fraction of sp³-hybridized carbons (Fsp3) is 0.333. The molecule has 1 aromatic heterocycles. The van der Waals surface area contributed by atoms with E-state index in [2.05, 4.69) is 15.6 Å². The quantitative estimate of drug-likeness (QED) is 0.503. The van der Waals surface area contributed by atoms with Crippen LogP contribution in [0.25, 0.3) is 0 Å². The highest BCUT2D eigenvalue weighted by molar-refractivity contribution is 6.67. The first kappa shape index (κ1) is 20.0. The molecule has 1 atom stereocenters. The van der Waals surface area contributed by atoms with Crippen molar-refractivity contribution in [2.75, 3.05) is 17.2 Å². The molecule has 0 fully saturated rings. The number of alkyl halides is 3. The zero-order valence-electron chi connectivity index (χ0n) is 14.5. The summed E-state index contributed by atoms with van der Waals surface area (Å²) in [6.07, 6.45) is 2.30. The highest BCUT2D eigenvalue weighted by Gasteiger charge is 2.21. The SMILES string of the molecule is CC(Nc1ccc(Oc2ccnc3c2CCC(=O)N3)cc1)OCC(Cl)(Cl)Cl. The monoisotopic (exact) mass is 429 g/mol. The van der Waals surface area contributed by atoms with E-state index in [1.54, 1.807) is 12.3 Å². The van der Waals surface area contributed by atoms with Gasteiger partial charge in [-0.3, -0.25) is 4.79 Å². The lowest BCUT2D eigenvalue weighted by Crippen LogP contribution is -2.24. The Bertz CT molecular complexity index is 810. The molecule has 1 unspecified atom stereocenters. The molecular formula is C18H18Cl3N3O3. The van der Waals surface area contributed by atoms with E-state index in [9.17, 15) is 4.79 Å². The molecule has 6 nitrogen and oxygen atoms in total. The fourth-order valence-corrected chi connectivity index (χ4v) is 2.78. The number of nitrogens with zero attached hydrogens (tertiary/aromatic N) is 1. The van der Waals surface area contributed by atoms with Crippen LogP contribution in [0.3, 0.4) is 0 Å². The van der Waals surface area contributed by atoms with Crippen molar-refractivity contribution < 1.29 is 14.3 Å². The van der Waals surface area contributed by atoms with Crippen LogP contribution in [0.2, 0.25) is 0 Å². The third-order valence-electron chi connectivity index (χ3n) is 3.82. The Hall–Kier alpha value is -1.73. The van der Waals surface area contributed by atoms with Gasteiger partial charge in [-0.05, 0) is 43.7 Å². The molecule has 0 aliphatic carbocycles. The summed E-state index contributed by atoms with van der Waals surface area (Å²) in [7, 11) is 0. The van der Waals surface area contributed by atoms with Crippen molar-refractivity contribution in [3.05, 3.63) is 42.1 Å². The van der Waals surface area contributed by atoms with Crippen molar-refractivity contribution in [2.45, 2.75) is 29.8 Å². The van der Waals surface area contributed by atoms with Gasteiger partial charge in [0.05, 0.1) is 6.61 Å². The average Bonchev–Trinajstić information content (AvgIpc) is 2.61. The molecule has 2 N–H and O–H groups in total. The normalized spacial score (nSPS) is 14.9. The van der Waals surface area contributed by atoms with Crippen LogP contribution < -0.4 is 15.4 Å². The van der Waals surface area contributed by atoms with Crippen LogP contribution in [0.5, 0.6) is 11.5 Å². The van der Waals surface area contributed by atoms with Crippen molar-refractivity contribution >= 4 is 52.2 Å². The van der Waals surface area contributed by atoms with Gasteiger partial charge in [0, 0.05) is 23.9 Å². The summed E-state index contributed by atoms with van der Waals surface area (Å²) in [4.78, 5) is 15.7. The standard InChI is InChI=1S/C18H18Cl3N3O3/c1-11(26-10-18(19,20)21)23-12-2-4-13(5-3-12)27-15-8-9-22-17-14(15)6-7-16(25)24-17/h2-5,8-9,11,23H,6-7,10H2,1H3,(H,22,24,25). The van der Waals surface area contributed by atoms with E-state index < -0.39 is 3.79 Å². The summed E-state index contributed by atoms with van der Waals surface area (Å²) in [5.74, 6) is 1.87. The summed E-state index contributed by atoms with van der Waals surface area (Å²) in [6, 6.07) is 9.17. The smallest absolute Gasteiger partial charge is 0.225 e. The van der Waals surface area contributed by atoms with Gasteiger partial charge in [-0.2, -0.15) is 0 Å². The van der Waals surface area contributed by atoms with Crippen molar-refractivity contribution in [3.63, 3.8) is 0 Å². The van der Waals surface area contributed by atoms with Crippen LogP contribution in [0.15, 0.2) is 36.5 Å². The minimum atomic E-state index is -1.45. The first-order valence-corrected chi connectivity index (χ1v) is 9.44. The molecule has 1 aliphatic heterocycles. The summed E-state index contributed by atoms with van der Waals surface area (Å²) in [5, 5.41) is 5.91. The number of ether oxygens (including phenoxy) is 2. The van der Waals surface area contributed by atoms with Gasteiger partial charge in [0.1, 0.15) is 23.5 Å². The molecule has 1 amide bonds. The number of hydrogen-bond acceptors (Lipinski definition) is 5. The number of hydrogen-bond donors (Lipinski definition) is 2. The minimum absolute atomic E-state index is 0.0171. The van der Waals surface area contributed by atoms with Gasteiger partial charge in [-0.1, -0.05) is 34.8 Å². The Morgan fingerprint density at radius 3 is 2.67 bits per heavy atom. The predicted molar refractivity (Wildman–Crippen MR) is 107 cm³/mol. The molecule has 0 saturated carbocycles. The summed E-state index contributed by atoms with van der Waals surface area (Å²) < 4.78 is 9.94. The molecule has 1 aromatic carbocycles. The lowest BCUT2D eigenvalue weighted by molar-refractivity contribution is -0.116. The van der Waals surface area contributed by atoms with E-state index in [-0.39, 0.29) is 18.7 Å².